The van der Waals surface area contributed by atoms with E-state index in [2.05, 4.69) is 10.3 Å². The number of aromatic nitrogens is 1. The molecule has 160 valence electrons. The molecule has 0 saturated carbocycles. The molecule has 2 amide bonds. The van der Waals surface area contributed by atoms with Crippen molar-refractivity contribution in [2.45, 2.75) is 25.9 Å². The van der Waals surface area contributed by atoms with Gasteiger partial charge in [-0.2, -0.15) is 13.2 Å². The summed E-state index contributed by atoms with van der Waals surface area (Å²) in [6.45, 7) is 2.61. The van der Waals surface area contributed by atoms with E-state index in [1.54, 1.807) is 30.0 Å². The Morgan fingerprint density at radius 1 is 1.23 bits per heavy atom. The van der Waals surface area contributed by atoms with Crippen molar-refractivity contribution in [2.24, 2.45) is 11.7 Å². The molecule has 0 unspecified atom stereocenters. The molecule has 6 nitrogen and oxygen atoms in total. The Morgan fingerprint density at radius 2 is 1.90 bits per heavy atom. The van der Waals surface area contributed by atoms with E-state index in [0.29, 0.717) is 42.7 Å². The highest BCUT2D eigenvalue weighted by atomic mass is 35.5. The number of nitrogens with two attached hydrogens (primary N) is 1. The molecule has 1 aliphatic heterocycles. The third-order valence-corrected chi connectivity index (χ3v) is 5.35. The summed E-state index contributed by atoms with van der Waals surface area (Å²) in [7, 11) is 0. The molecule has 10 heteroatoms. The summed E-state index contributed by atoms with van der Waals surface area (Å²) < 4.78 is 38.3. The van der Waals surface area contributed by atoms with Crippen molar-refractivity contribution in [1.29, 1.82) is 0 Å². The van der Waals surface area contributed by atoms with Crippen LogP contribution in [0.15, 0.2) is 30.5 Å². The standard InChI is InChI=1S/C20H20ClF3N4O2/c1-11-8-14(2-3-15(11)17(25)29)27-19(30)12-4-6-28(7-5-12)18-16(21)9-13(10-26-18)20(22,23)24/h2-3,8-10,12H,4-7H2,1H3,(H2,25,29)(H,27,30). The summed E-state index contributed by atoms with van der Waals surface area (Å²) in [6, 6.07) is 5.72. The number of rotatable bonds is 4. The fourth-order valence-electron chi connectivity index (χ4n) is 3.43. The van der Waals surface area contributed by atoms with Crippen LogP contribution in [0.2, 0.25) is 5.02 Å². The number of nitrogens with one attached hydrogen (secondary N) is 1. The van der Waals surface area contributed by atoms with E-state index in [4.69, 9.17) is 17.3 Å². The number of pyridine rings is 1. The zero-order valence-corrected chi connectivity index (χ0v) is 16.8. The van der Waals surface area contributed by atoms with Gasteiger partial charge in [-0.3, -0.25) is 9.59 Å². The molecule has 30 heavy (non-hydrogen) atoms. The fraction of sp³-hybridized carbons (Fsp3) is 0.350. The van der Waals surface area contributed by atoms with Crippen LogP contribution in [-0.4, -0.2) is 29.9 Å². The number of hydrogen-bond acceptors (Lipinski definition) is 4. The average molecular weight is 441 g/mol. The lowest BCUT2D eigenvalue weighted by atomic mass is 9.95. The summed E-state index contributed by atoms with van der Waals surface area (Å²) in [4.78, 5) is 29.5. The highest BCUT2D eigenvalue weighted by Crippen LogP contribution is 2.34. The number of hydrogen-bond donors (Lipinski definition) is 2. The number of piperidine rings is 1. The van der Waals surface area contributed by atoms with E-state index in [1.165, 1.54) is 0 Å². The Morgan fingerprint density at radius 3 is 2.43 bits per heavy atom. The van der Waals surface area contributed by atoms with Crippen LogP contribution in [-0.2, 0) is 11.0 Å². The number of benzene rings is 1. The zero-order chi connectivity index (χ0) is 22.1. The van der Waals surface area contributed by atoms with Gasteiger partial charge in [-0.15, -0.1) is 0 Å². The molecule has 2 aromatic rings. The highest BCUT2D eigenvalue weighted by molar-refractivity contribution is 6.33. The fourth-order valence-corrected chi connectivity index (χ4v) is 3.72. The van der Waals surface area contributed by atoms with Gasteiger partial charge in [-0.1, -0.05) is 11.6 Å². The molecular weight excluding hydrogens is 421 g/mol. The number of amides is 2. The van der Waals surface area contributed by atoms with E-state index in [1.807, 2.05) is 0 Å². The predicted octanol–water partition coefficient (Wildman–Crippen LogP) is 4.02. The van der Waals surface area contributed by atoms with E-state index in [9.17, 15) is 22.8 Å². The summed E-state index contributed by atoms with van der Waals surface area (Å²) in [5.74, 6) is -0.674. The maximum atomic E-state index is 12.8. The smallest absolute Gasteiger partial charge is 0.366 e. The molecule has 0 radical (unpaired) electrons. The number of nitrogens with zero attached hydrogens (tertiary/aromatic N) is 2. The molecule has 3 rings (SSSR count). The van der Waals surface area contributed by atoms with Crippen molar-refractivity contribution >= 4 is 34.9 Å². The Hall–Kier alpha value is -2.81. The Bertz CT molecular complexity index is 973. The lowest BCUT2D eigenvalue weighted by molar-refractivity contribution is -0.137. The SMILES string of the molecule is Cc1cc(NC(=O)C2CCN(c3ncc(C(F)(F)F)cc3Cl)CC2)ccc1C(N)=O. The van der Waals surface area contributed by atoms with E-state index < -0.39 is 17.6 Å². The molecule has 1 aliphatic rings. The van der Waals surface area contributed by atoms with Gasteiger partial charge in [-0.05, 0) is 49.6 Å². The molecule has 1 aromatic heterocycles. The second-order valence-electron chi connectivity index (χ2n) is 7.17. The Labute approximate surface area is 176 Å². The van der Waals surface area contributed by atoms with Gasteiger partial charge in [0.15, 0.2) is 0 Å². The minimum Gasteiger partial charge on any atom is -0.366 e. The first-order chi connectivity index (χ1) is 14.1. The van der Waals surface area contributed by atoms with Crippen LogP contribution >= 0.6 is 11.6 Å². The molecular formula is C20H20ClF3N4O2. The molecule has 3 N–H and O–H groups in total. The van der Waals surface area contributed by atoms with Crippen LogP contribution in [0.3, 0.4) is 0 Å². The molecule has 0 aliphatic carbocycles. The van der Waals surface area contributed by atoms with Crippen molar-refractivity contribution in [3.8, 4) is 0 Å². The van der Waals surface area contributed by atoms with E-state index in [0.717, 1.165) is 12.3 Å². The largest absolute Gasteiger partial charge is 0.417 e. The van der Waals surface area contributed by atoms with Crippen molar-refractivity contribution in [2.75, 3.05) is 23.3 Å². The summed E-state index contributed by atoms with van der Waals surface area (Å²) in [5, 5.41) is 2.76. The van der Waals surface area contributed by atoms with Crippen LogP contribution in [0.4, 0.5) is 24.7 Å². The zero-order valence-electron chi connectivity index (χ0n) is 16.1. The Balaban J connectivity index is 1.61. The molecule has 1 fully saturated rings. The topological polar surface area (TPSA) is 88.3 Å². The molecule has 0 bridgehead atoms. The van der Waals surface area contributed by atoms with Crippen molar-refractivity contribution < 1.29 is 22.8 Å². The van der Waals surface area contributed by atoms with Crippen LogP contribution < -0.4 is 16.0 Å². The molecule has 1 aromatic carbocycles. The first-order valence-corrected chi connectivity index (χ1v) is 9.63. The lowest BCUT2D eigenvalue weighted by Gasteiger charge is -2.32. The van der Waals surface area contributed by atoms with Crippen molar-refractivity contribution in [3.63, 3.8) is 0 Å². The lowest BCUT2D eigenvalue weighted by Crippen LogP contribution is -2.38. The molecule has 0 spiro atoms. The van der Waals surface area contributed by atoms with Crippen LogP contribution in [0, 0.1) is 12.8 Å². The average Bonchev–Trinajstić information content (AvgIpc) is 2.67. The second-order valence-corrected chi connectivity index (χ2v) is 7.58. The van der Waals surface area contributed by atoms with E-state index >= 15 is 0 Å². The van der Waals surface area contributed by atoms with Gasteiger partial charge < -0.3 is 16.0 Å². The molecule has 2 heterocycles. The number of carbonyl (C=O) groups excluding carboxylic acids is 2. The number of halogens is 4. The number of carbonyl (C=O) groups is 2. The summed E-state index contributed by atoms with van der Waals surface area (Å²) in [6.07, 6.45) is -2.74. The van der Waals surface area contributed by atoms with Crippen LogP contribution in [0.5, 0.6) is 0 Å². The van der Waals surface area contributed by atoms with Gasteiger partial charge in [0.05, 0.1) is 10.6 Å². The number of primary amides is 1. The van der Waals surface area contributed by atoms with Gasteiger partial charge in [0, 0.05) is 36.5 Å². The van der Waals surface area contributed by atoms with Gasteiger partial charge in [0.1, 0.15) is 5.82 Å². The quantitative estimate of drug-likeness (QED) is 0.751. The van der Waals surface area contributed by atoms with Crippen molar-refractivity contribution in [3.05, 3.63) is 52.2 Å². The first-order valence-electron chi connectivity index (χ1n) is 9.25. The van der Waals surface area contributed by atoms with Crippen LogP contribution in [0.25, 0.3) is 0 Å². The maximum Gasteiger partial charge on any atom is 0.417 e. The number of anilines is 2. The van der Waals surface area contributed by atoms with Gasteiger partial charge >= 0.3 is 6.18 Å². The summed E-state index contributed by atoms with van der Waals surface area (Å²) >= 11 is 6.01. The van der Waals surface area contributed by atoms with Gasteiger partial charge in [-0.25, -0.2) is 4.98 Å². The normalized spacial score (nSPS) is 15.2. The second kappa shape index (κ2) is 8.51. The van der Waals surface area contributed by atoms with Gasteiger partial charge in [0.25, 0.3) is 0 Å². The third-order valence-electron chi connectivity index (χ3n) is 5.07. The molecule has 0 atom stereocenters. The Kier molecular flexibility index (Phi) is 6.21. The number of aryl methyl sites for hydroxylation is 1. The van der Waals surface area contributed by atoms with Crippen LogP contribution in [0.1, 0.15) is 34.3 Å². The summed E-state index contributed by atoms with van der Waals surface area (Å²) in [5.41, 5.74) is 6.01. The minimum absolute atomic E-state index is 0.0715. The predicted molar refractivity (Wildman–Crippen MR) is 108 cm³/mol. The molecule has 1 saturated heterocycles. The number of alkyl halides is 3. The monoisotopic (exact) mass is 440 g/mol. The van der Waals surface area contributed by atoms with E-state index in [-0.39, 0.29) is 22.7 Å². The van der Waals surface area contributed by atoms with Gasteiger partial charge in [0.2, 0.25) is 11.8 Å². The van der Waals surface area contributed by atoms with Crippen molar-refractivity contribution in [1.82, 2.24) is 4.98 Å². The maximum absolute atomic E-state index is 12.8. The first kappa shape index (κ1) is 21.9. The highest BCUT2D eigenvalue weighted by Gasteiger charge is 2.33. The minimum atomic E-state index is -4.51. The third kappa shape index (κ3) is 4.84.